The van der Waals surface area contributed by atoms with Gasteiger partial charge in [-0.2, -0.15) is 23.7 Å². The summed E-state index contributed by atoms with van der Waals surface area (Å²) in [5, 5.41) is -0.136. The van der Waals surface area contributed by atoms with Crippen LogP contribution in [0, 0.1) is 6.07 Å². The van der Waals surface area contributed by atoms with Gasteiger partial charge in [0.25, 0.3) is 0 Å². The van der Waals surface area contributed by atoms with E-state index in [1.807, 2.05) is 0 Å². The quantitative estimate of drug-likeness (QED) is 0.295. The molecule has 0 heterocycles. The number of rotatable bonds is 1. The van der Waals surface area contributed by atoms with E-state index < -0.39 is 15.0 Å². The summed E-state index contributed by atoms with van der Waals surface area (Å²) in [6.07, 6.45) is 0. The van der Waals surface area contributed by atoms with E-state index in [0.29, 0.717) is 0 Å². The van der Waals surface area contributed by atoms with E-state index in [9.17, 15) is 13.0 Å². The first-order valence-electron chi connectivity index (χ1n) is 2.74. The van der Waals surface area contributed by atoms with Crippen LogP contribution in [0.25, 0.3) is 0 Å². The maximum atomic E-state index is 10.5. The molecule has 66 valence electrons. The van der Waals surface area contributed by atoms with Gasteiger partial charge in [0.15, 0.2) is 0 Å². The molecule has 3 nitrogen and oxygen atoms in total. The van der Waals surface area contributed by atoms with Gasteiger partial charge in [0.1, 0.15) is 10.1 Å². The van der Waals surface area contributed by atoms with Crippen molar-refractivity contribution in [2.45, 2.75) is 4.90 Å². The van der Waals surface area contributed by atoms with Crippen LogP contribution in [0.3, 0.4) is 0 Å². The molecule has 0 aliphatic carbocycles. The molecule has 0 unspecified atom stereocenters. The molecule has 0 saturated carbocycles. The van der Waals surface area contributed by atoms with Gasteiger partial charge in [0.05, 0.1) is 0 Å². The number of hydrogen-bond donors (Lipinski definition) is 0. The monoisotopic (exact) mass is 270 g/mol. The summed E-state index contributed by atoms with van der Waals surface area (Å²) in [4.78, 5) is -0.520. The van der Waals surface area contributed by atoms with Crippen molar-refractivity contribution in [3.63, 3.8) is 0 Å². The molecular weight excluding hydrogens is 269 g/mol. The first kappa shape index (κ1) is 18.1. The molecule has 0 fully saturated rings. The Labute approximate surface area is 136 Å². The van der Waals surface area contributed by atoms with Gasteiger partial charge < -0.3 is 4.55 Å². The zero-order valence-electron chi connectivity index (χ0n) is 7.54. The molecular formula is C6H2Cl2Na2O3S. The van der Waals surface area contributed by atoms with Crippen molar-refractivity contribution < 1.29 is 72.1 Å². The smallest absolute Gasteiger partial charge is 0.746 e. The van der Waals surface area contributed by atoms with Gasteiger partial charge in [-0.3, -0.25) is 0 Å². The van der Waals surface area contributed by atoms with Crippen molar-refractivity contribution in [1.29, 1.82) is 0 Å². The van der Waals surface area contributed by atoms with Gasteiger partial charge in [-0.15, -0.1) is 17.7 Å². The van der Waals surface area contributed by atoms with Crippen LogP contribution in [0.1, 0.15) is 0 Å². The third kappa shape index (κ3) is 5.16. The summed E-state index contributed by atoms with van der Waals surface area (Å²) >= 11 is 10.8. The molecule has 1 aromatic rings. The number of hydrogen-bond acceptors (Lipinski definition) is 3. The van der Waals surface area contributed by atoms with Crippen LogP contribution in [-0.2, 0) is 10.1 Å². The average Bonchev–Trinajstić information content (AvgIpc) is 1.92. The Morgan fingerprint density at radius 3 is 2.14 bits per heavy atom. The first-order chi connectivity index (χ1) is 5.41. The summed E-state index contributed by atoms with van der Waals surface area (Å²) in [6.45, 7) is 0. The van der Waals surface area contributed by atoms with Crippen molar-refractivity contribution >= 4 is 33.3 Å². The van der Waals surface area contributed by atoms with Crippen molar-refractivity contribution in [2.75, 3.05) is 0 Å². The summed E-state index contributed by atoms with van der Waals surface area (Å²) in [6, 6.07) is 4.54. The fraction of sp³-hybridized carbons (Fsp3) is 0. The molecule has 0 aliphatic rings. The molecule has 0 aliphatic heterocycles. The Morgan fingerprint density at radius 2 is 1.79 bits per heavy atom. The maximum Gasteiger partial charge on any atom is 1.00 e. The van der Waals surface area contributed by atoms with E-state index in [-0.39, 0.29) is 69.2 Å². The fourth-order valence-corrected chi connectivity index (χ4v) is 1.80. The van der Waals surface area contributed by atoms with Crippen LogP contribution in [0.2, 0.25) is 10.0 Å². The third-order valence-electron chi connectivity index (χ3n) is 1.10. The molecule has 0 saturated heterocycles. The molecule has 0 bridgehead atoms. The standard InChI is InChI=1S/C6H3Cl2O3S.2Na/c7-4-1-2-5(8)6(3-4)12(9,10)11;;/h2-3H,(H,9,10,11);;/q-1;2*+1/p-1. The summed E-state index contributed by atoms with van der Waals surface area (Å²) in [7, 11) is -4.54. The topological polar surface area (TPSA) is 57.2 Å². The third-order valence-corrected chi connectivity index (χ3v) is 2.62. The molecule has 0 N–H and O–H groups in total. The average molecular weight is 271 g/mol. The SMILES string of the molecule is O=S(=O)([O-])c1cc(Cl)[c-]cc1Cl.[Na+].[Na+]. The molecule has 0 aromatic heterocycles. The summed E-state index contributed by atoms with van der Waals surface area (Å²) in [5.74, 6) is 0. The van der Waals surface area contributed by atoms with Crippen LogP contribution in [-0.4, -0.2) is 13.0 Å². The molecule has 8 heteroatoms. The van der Waals surface area contributed by atoms with E-state index in [2.05, 4.69) is 6.07 Å². The second-order valence-electron chi connectivity index (χ2n) is 1.95. The van der Waals surface area contributed by atoms with Gasteiger partial charge in [-0.05, 0) is 4.90 Å². The first-order valence-corrected chi connectivity index (χ1v) is 4.90. The van der Waals surface area contributed by atoms with Crippen LogP contribution in [0.15, 0.2) is 17.0 Å². The van der Waals surface area contributed by atoms with Crippen LogP contribution >= 0.6 is 23.2 Å². The van der Waals surface area contributed by atoms with E-state index in [4.69, 9.17) is 23.2 Å². The van der Waals surface area contributed by atoms with Gasteiger partial charge in [0, 0.05) is 0 Å². The summed E-state index contributed by atoms with van der Waals surface area (Å²) < 4.78 is 31.5. The second-order valence-corrected chi connectivity index (χ2v) is 4.11. The minimum absolute atomic E-state index is 0. The molecule has 0 radical (unpaired) electrons. The zero-order valence-corrected chi connectivity index (χ0v) is 13.9. The van der Waals surface area contributed by atoms with Crippen LogP contribution in [0.5, 0.6) is 0 Å². The normalized spacial score (nSPS) is 9.93. The Hall–Kier alpha value is 1.71. The molecule has 1 aromatic carbocycles. The predicted molar refractivity (Wildman–Crippen MR) is 43.3 cm³/mol. The van der Waals surface area contributed by atoms with Crippen molar-refractivity contribution in [1.82, 2.24) is 0 Å². The largest absolute Gasteiger partial charge is 1.00 e. The Bertz CT molecular complexity index is 408. The maximum absolute atomic E-state index is 10.5. The second kappa shape index (κ2) is 7.12. The molecule has 1 rings (SSSR count). The van der Waals surface area contributed by atoms with Crippen molar-refractivity contribution in [3.05, 3.63) is 28.2 Å². The van der Waals surface area contributed by atoms with Gasteiger partial charge in [-0.25, -0.2) is 8.42 Å². The predicted octanol–water partition coefficient (Wildman–Crippen LogP) is -4.29. The zero-order chi connectivity index (χ0) is 9.35. The van der Waals surface area contributed by atoms with E-state index >= 15 is 0 Å². The van der Waals surface area contributed by atoms with Crippen molar-refractivity contribution in [3.8, 4) is 0 Å². The van der Waals surface area contributed by atoms with Crippen LogP contribution < -0.4 is 59.1 Å². The number of benzene rings is 1. The van der Waals surface area contributed by atoms with Gasteiger partial charge >= 0.3 is 59.1 Å². The fourth-order valence-electron chi connectivity index (χ4n) is 0.621. The van der Waals surface area contributed by atoms with E-state index in [1.165, 1.54) is 0 Å². The van der Waals surface area contributed by atoms with E-state index in [0.717, 1.165) is 12.1 Å². The minimum Gasteiger partial charge on any atom is -0.746 e. The van der Waals surface area contributed by atoms with Gasteiger partial charge in [0.2, 0.25) is 0 Å². The Morgan fingerprint density at radius 1 is 1.29 bits per heavy atom. The molecule has 14 heavy (non-hydrogen) atoms. The van der Waals surface area contributed by atoms with Crippen LogP contribution in [0.4, 0.5) is 0 Å². The summed E-state index contributed by atoms with van der Waals surface area (Å²) in [5.41, 5.74) is 0. The minimum atomic E-state index is -4.54. The molecule has 0 spiro atoms. The van der Waals surface area contributed by atoms with E-state index in [1.54, 1.807) is 0 Å². The number of halogens is 2. The Kier molecular flexibility index (Phi) is 9.19. The Balaban J connectivity index is 0. The van der Waals surface area contributed by atoms with Gasteiger partial charge in [-0.1, -0.05) is 10.0 Å². The molecule has 0 atom stereocenters. The van der Waals surface area contributed by atoms with Crippen molar-refractivity contribution in [2.24, 2.45) is 0 Å². The molecule has 0 amide bonds.